The Balaban J connectivity index is 1.79. The number of piperazine rings is 1. The number of benzene rings is 1. The van der Waals surface area contributed by atoms with E-state index in [9.17, 15) is 24.5 Å². The highest BCUT2D eigenvalue weighted by molar-refractivity contribution is 6.20. The van der Waals surface area contributed by atoms with Crippen molar-refractivity contribution >= 4 is 29.2 Å². The Morgan fingerprint density at radius 2 is 1.65 bits per heavy atom. The van der Waals surface area contributed by atoms with E-state index in [0.717, 1.165) is 0 Å². The van der Waals surface area contributed by atoms with Crippen molar-refractivity contribution in [2.75, 3.05) is 64.7 Å². The number of amides is 4. The largest absolute Gasteiger partial charge is 0.382 e. The fraction of sp³-hybridized carbons (Fsp3) is 0.571. The van der Waals surface area contributed by atoms with Crippen molar-refractivity contribution in [3.8, 4) is 0 Å². The number of hydrogen-bond acceptors (Lipinski definition) is 10. The van der Waals surface area contributed by atoms with E-state index in [1.807, 2.05) is 4.90 Å². The van der Waals surface area contributed by atoms with Gasteiger partial charge in [0, 0.05) is 51.2 Å². The summed E-state index contributed by atoms with van der Waals surface area (Å²) in [5.74, 6) is -1.41. The number of ether oxygens (including phenoxy) is 3. The van der Waals surface area contributed by atoms with Gasteiger partial charge in [-0.3, -0.25) is 30.3 Å². The molecule has 34 heavy (non-hydrogen) atoms. The number of carbonyl (C=O) groups is 3. The lowest BCUT2D eigenvalue weighted by molar-refractivity contribution is -0.384. The maximum Gasteiger partial charge on any atom is 0.328 e. The van der Waals surface area contributed by atoms with E-state index < -0.39 is 34.2 Å². The Labute approximate surface area is 196 Å². The summed E-state index contributed by atoms with van der Waals surface area (Å²) >= 11 is 0. The van der Waals surface area contributed by atoms with Gasteiger partial charge in [-0.1, -0.05) is 0 Å². The molecule has 3 N–H and O–H groups in total. The zero-order valence-corrected chi connectivity index (χ0v) is 18.9. The van der Waals surface area contributed by atoms with Crippen molar-refractivity contribution in [3.05, 3.63) is 34.4 Å². The number of non-ortho nitro benzene ring substituents is 1. The number of nitro benzene ring substituents is 1. The third kappa shape index (κ3) is 5.67. The quantitative estimate of drug-likeness (QED) is 0.158. The molecule has 0 aromatic heterocycles. The number of nitrogens with one attached hydrogen (secondary N) is 3. The number of nitrogens with zero attached hydrogens (tertiary/aromatic N) is 2. The average Bonchev–Trinajstić information content (AvgIpc) is 2.82. The number of anilines is 1. The number of carbonyl (C=O) groups excluding carboxylic acids is 3. The fourth-order valence-electron chi connectivity index (χ4n) is 4.18. The van der Waals surface area contributed by atoms with Crippen molar-refractivity contribution in [3.63, 3.8) is 0 Å². The standard InChI is InChI=1S/C21H29N5O8/c1-32-10-11-34-13-12-33-9-6-21(18(27)23-20(29)24-19(21)28)17-14-22-7-8-25(17)15-2-4-16(5-3-15)26(30)31/h2-5,17,22H,6-14H2,1H3,(H2,23,24,27,28,29). The number of hydrogen-bond donors (Lipinski definition) is 3. The van der Waals surface area contributed by atoms with Crippen LogP contribution >= 0.6 is 0 Å². The van der Waals surface area contributed by atoms with Crippen LogP contribution < -0.4 is 20.9 Å². The van der Waals surface area contributed by atoms with Gasteiger partial charge in [0.2, 0.25) is 11.8 Å². The van der Waals surface area contributed by atoms with Crippen molar-refractivity contribution in [2.24, 2.45) is 5.41 Å². The zero-order valence-electron chi connectivity index (χ0n) is 18.9. The van der Waals surface area contributed by atoms with Gasteiger partial charge >= 0.3 is 6.03 Å². The first kappa shape index (κ1) is 25.5. The summed E-state index contributed by atoms with van der Waals surface area (Å²) in [4.78, 5) is 50.5. The summed E-state index contributed by atoms with van der Waals surface area (Å²) < 4.78 is 15.9. The van der Waals surface area contributed by atoms with Crippen LogP contribution in [0.4, 0.5) is 16.2 Å². The molecule has 0 aliphatic carbocycles. The number of methoxy groups -OCH3 is 1. The van der Waals surface area contributed by atoms with Gasteiger partial charge in [-0.2, -0.15) is 0 Å². The number of barbiturate groups is 1. The molecule has 186 valence electrons. The van der Waals surface area contributed by atoms with Gasteiger partial charge in [-0.15, -0.1) is 0 Å². The van der Waals surface area contributed by atoms with E-state index in [4.69, 9.17) is 14.2 Å². The van der Waals surface area contributed by atoms with E-state index in [2.05, 4.69) is 16.0 Å². The van der Waals surface area contributed by atoms with E-state index in [1.54, 1.807) is 19.2 Å². The highest BCUT2D eigenvalue weighted by Crippen LogP contribution is 2.36. The minimum atomic E-state index is -1.62. The van der Waals surface area contributed by atoms with E-state index in [0.29, 0.717) is 38.6 Å². The average molecular weight is 479 g/mol. The summed E-state index contributed by atoms with van der Waals surface area (Å²) in [7, 11) is 1.57. The summed E-state index contributed by atoms with van der Waals surface area (Å²) in [6.45, 7) is 2.87. The van der Waals surface area contributed by atoms with Gasteiger partial charge in [0.1, 0.15) is 0 Å². The third-order valence-electron chi connectivity index (χ3n) is 5.91. The smallest absolute Gasteiger partial charge is 0.328 e. The minimum Gasteiger partial charge on any atom is -0.382 e. The molecule has 3 rings (SSSR count). The van der Waals surface area contributed by atoms with Gasteiger partial charge in [0.05, 0.1) is 37.4 Å². The second-order valence-electron chi connectivity index (χ2n) is 7.86. The van der Waals surface area contributed by atoms with Crippen LogP contribution in [0.5, 0.6) is 0 Å². The van der Waals surface area contributed by atoms with Crippen molar-refractivity contribution in [2.45, 2.75) is 12.5 Å². The van der Waals surface area contributed by atoms with Crippen LogP contribution in [0.15, 0.2) is 24.3 Å². The predicted molar refractivity (Wildman–Crippen MR) is 119 cm³/mol. The molecule has 0 spiro atoms. The second-order valence-corrected chi connectivity index (χ2v) is 7.86. The molecule has 2 heterocycles. The highest BCUT2D eigenvalue weighted by atomic mass is 16.6. The van der Waals surface area contributed by atoms with E-state index in [-0.39, 0.29) is 31.9 Å². The topological polar surface area (TPSA) is 161 Å². The lowest BCUT2D eigenvalue weighted by Crippen LogP contribution is -2.72. The normalized spacial score (nSPS) is 20.1. The van der Waals surface area contributed by atoms with Crippen LogP contribution in [0.3, 0.4) is 0 Å². The van der Waals surface area contributed by atoms with E-state index in [1.165, 1.54) is 12.1 Å². The molecule has 13 heteroatoms. The molecule has 0 radical (unpaired) electrons. The molecule has 1 aromatic rings. The Morgan fingerprint density at radius 3 is 2.26 bits per heavy atom. The first-order valence-electron chi connectivity index (χ1n) is 10.9. The Bertz CT molecular complexity index is 874. The Kier molecular flexibility index (Phi) is 8.87. The molecule has 0 saturated carbocycles. The molecule has 0 bridgehead atoms. The fourth-order valence-corrected chi connectivity index (χ4v) is 4.18. The maximum absolute atomic E-state index is 13.2. The lowest BCUT2D eigenvalue weighted by Gasteiger charge is -2.48. The molecule has 2 saturated heterocycles. The first-order chi connectivity index (χ1) is 16.4. The van der Waals surface area contributed by atoms with Crippen molar-refractivity contribution in [1.82, 2.24) is 16.0 Å². The Hall–Kier alpha value is -3.13. The molecular weight excluding hydrogens is 450 g/mol. The number of rotatable bonds is 12. The molecule has 1 aromatic carbocycles. The molecule has 2 fully saturated rings. The molecule has 2 aliphatic heterocycles. The highest BCUT2D eigenvalue weighted by Gasteiger charge is 2.57. The lowest BCUT2D eigenvalue weighted by atomic mass is 9.72. The Morgan fingerprint density at radius 1 is 1.03 bits per heavy atom. The van der Waals surface area contributed by atoms with Crippen LogP contribution in [0.25, 0.3) is 0 Å². The summed E-state index contributed by atoms with van der Waals surface area (Å²) in [6, 6.07) is 4.38. The van der Waals surface area contributed by atoms with Crippen LogP contribution in [-0.4, -0.2) is 88.6 Å². The van der Waals surface area contributed by atoms with Gasteiger partial charge < -0.3 is 24.4 Å². The van der Waals surface area contributed by atoms with E-state index >= 15 is 0 Å². The molecule has 1 atom stereocenters. The maximum atomic E-state index is 13.2. The summed E-state index contributed by atoms with van der Waals surface area (Å²) in [5, 5.41) is 18.7. The van der Waals surface area contributed by atoms with Gasteiger partial charge in [0.25, 0.3) is 5.69 Å². The van der Waals surface area contributed by atoms with Crippen molar-refractivity contribution < 1.29 is 33.5 Å². The zero-order chi connectivity index (χ0) is 24.6. The summed E-state index contributed by atoms with van der Waals surface area (Å²) in [5.41, 5.74) is -1.06. The van der Waals surface area contributed by atoms with Crippen LogP contribution in [0, 0.1) is 15.5 Å². The molecule has 4 amide bonds. The molecular formula is C21H29N5O8. The summed E-state index contributed by atoms with van der Waals surface area (Å²) in [6.07, 6.45) is 0.0197. The van der Waals surface area contributed by atoms with Crippen LogP contribution in [0.1, 0.15) is 6.42 Å². The predicted octanol–water partition coefficient (Wildman–Crippen LogP) is -0.205. The number of urea groups is 1. The first-order valence-corrected chi connectivity index (χ1v) is 10.9. The van der Waals surface area contributed by atoms with Crippen LogP contribution in [0.2, 0.25) is 0 Å². The number of imide groups is 2. The monoisotopic (exact) mass is 479 g/mol. The van der Waals surface area contributed by atoms with Gasteiger partial charge in [-0.25, -0.2) is 4.79 Å². The van der Waals surface area contributed by atoms with Crippen LogP contribution in [-0.2, 0) is 23.8 Å². The molecule has 2 aliphatic rings. The van der Waals surface area contributed by atoms with Crippen molar-refractivity contribution in [1.29, 1.82) is 0 Å². The van der Waals surface area contributed by atoms with Gasteiger partial charge in [0.15, 0.2) is 5.41 Å². The second kappa shape index (κ2) is 11.8. The SMILES string of the molecule is COCCOCCOCCC1(C2CNCCN2c2ccc([N+](=O)[O-])cc2)C(=O)NC(=O)NC1=O. The van der Waals surface area contributed by atoms with Gasteiger partial charge in [-0.05, 0) is 18.6 Å². The molecule has 1 unspecified atom stereocenters. The number of nitro groups is 1. The minimum absolute atomic E-state index is 0.0197. The molecule has 13 nitrogen and oxygen atoms in total. The third-order valence-corrected chi connectivity index (χ3v) is 5.91.